The second-order valence-corrected chi connectivity index (χ2v) is 5.85. The molecule has 0 saturated carbocycles. The Morgan fingerprint density at radius 3 is 2.61 bits per heavy atom. The highest BCUT2D eigenvalue weighted by atomic mass is 32.2. The standard InChI is InChI=1S/C11H13NO5S/c1-7-2-3-9(4-10(7)11(13)14)18(15,16)12-8-5-17-6-8/h2-4,8,12H,5-6H2,1H3,(H,13,14). The van der Waals surface area contributed by atoms with Crippen LogP contribution in [-0.2, 0) is 14.8 Å². The molecule has 1 saturated heterocycles. The average molecular weight is 271 g/mol. The molecule has 0 amide bonds. The van der Waals surface area contributed by atoms with Gasteiger partial charge in [-0.05, 0) is 24.6 Å². The number of carbonyl (C=O) groups is 1. The van der Waals surface area contributed by atoms with Gasteiger partial charge < -0.3 is 9.84 Å². The molecule has 98 valence electrons. The van der Waals surface area contributed by atoms with Crippen molar-refractivity contribution in [2.45, 2.75) is 17.9 Å². The number of carboxylic acid groups (broad SMARTS) is 1. The average Bonchev–Trinajstić information content (AvgIpc) is 2.23. The quantitative estimate of drug-likeness (QED) is 0.825. The molecule has 1 aliphatic heterocycles. The first-order valence-electron chi connectivity index (χ1n) is 5.34. The lowest BCUT2D eigenvalue weighted by Gasteiger charge is -2.26. The third-order valence-electron chi connectivity index (χ3n) is 2.71. The van der Waals surface area contributed by atoms with Crippen LogP contribution >= 0.6 is 0 Å². The van der Waals surface area contributed by atoms with Crippen molar-refractivity contribution >= 4 is 16.0 Å². The number of rotatable bonds is 4. The normalized spacial score (nSPS) is 16.3. The zero-order chi connectivity index (χ0) is 13.3. The molecule has 0 aliphatic carbocycles. The molecule has 0 atom stereocenters. The van der Waals surface area contributed by atoms with Crippen LogP contribution in [0.4, 0.5) is 0 Å². The zero-order valence-electron chi connectivity index (χ0n) is 9.71. The van der Waals surface area contributed by atoms with E-state index in [1.54, 1.807) is 6.92 Å². The maximum atomic E-state index is 12.0. The van der Waals surface area contributed by atoms with Crippen LogP contribution in [0.5, 0.6) is 0 Å². The Hall–Kier alpha value is -1.44. The summed E-state index contributed by atoms with van der Waals surface area (Å²) in [6.07, 6.45) is 0. The van der Waals surface area contributed by atoms with E-state index in [9.17, 15) is 13.2 Å². The Bertz CT molecular complexity index is 577. The van der Waals surface area contributed by atoms with Crippen molar-refractivity contribution in [1.29, 1.82) is 0 Å². The summed E-state index contributed by atoms with van der Waals surface area (Å²) in [4.78, 5) is 10.9. The second-order valence-electron chi connectivity index (χ2n) is 4.14. The van der Waals surface area contributed by atoms with Gasteiger partial charge >= 0.3 is 5.97 Å². The third kappa shape index (κ3) is 2.53. The first kappa shape index (κ1) is 13.0. The smallest absolute Gasteiger partial charge is 0.335 e. The summed E-state index contributed by atoms with van der Waals surface area (Å²) in [5.41, 5.74) is 0.510. The molecule has 1 aromatic carbocycles. The predicted octanol–water partition coefficient (Wildman–Crippen LogP) is 0.370. The minimum Gasteiger partial charge on any atom is -0.478 e. The highest BCUT2D eigenvalue weighted by Crippen LogP contribution is 2.17. The maximum Gasteiger partial charge on any atom is 0.335 e. The summed E-state index contributed by atoms with van der Waals surface area (Å²) >= 11 is 0. The molecule has 0 aromatic heterocycles. The number of aryl methyl sites for hydroxylation is 1. The van der Waals surface area contributed by atoms with Crippen molar-refractivity contribution in [2.75, 3.05) is 13.2 Å². The topological polar surface area (TPSA) is 92.7 Å². The highest BCUT2D eigenvalue weighted by molar-refractivity contribution is 7.89. The van der Waals surface area contributed by atoms with Crippen molar-refractivity contribution in [3.63, 3.8) is 0 Å². The van der Waals surface area contributed by atoms with E-state index >= 15 is 0 Å². The van der Waals surface area contributed by atoms with Crippen LogP contribution < -0.4 is 4.72 Å². The molecular formula is C11H13NO5S. The van der Waals surface area contributed by atoms with Crippen molar-refractivity contribution in [3.8, 4) is 0 Å². The van der Waals surface area contributed by atoms with Gasteiger partial charge in [0.15, 0.2) is 0 Å². The number of hydrogen-bond donors (Lipinski definition) is 2. The molecule has 0 spiro atoms. The first-order valence-corrected chi connectivity index (χ1v) is 6.82. The largest absolute Gasteiger partial charge is 0.478 e. The van der Waals surface area contributed by atoms with Crippen molar-refractivity contribution in [2.24, 2.45) is 0 Å². The summed E-state index contributed by atoms with van der Waals surface area (Å²) in [5.74, 6) is -1.14. The summed E-state index contributed by atoms with van der Waals surface area (Å²) < 4.78 is 31.2. The second kappa shape index (κ2) is 4.68. The molecule has 1 heterocycles. The van der Waals surface area contributed by atoms with Gasteiger partial charge in [0.2, 0.25) is 10.0 Å². The summed E-state index contributed by atoms with van der Waals surface area (Å²) in [7, 11) is -3.69. The summed E-state index contributed by atoms with van der Waals surface area (Å²) in [6.45, 7) is 2.31. The van der Waals surface area contributed by atoms with Crippen LogP contribution in [0.25, 0.3) is 0 Å². The third-order valence-corrected chi connectivity index (χ3v) is 4.23. The molecule has 18 heavy (non-hydrogen) atoms. The van der Waals surface area contributed by atoms with Gasteiger partial charge in [0, 0.05) is 0 Å². The molecule has 2 N–H and O–H groups in total. The molecule has 1 aromatic rings. The van der Waals surface area contributed by atoms with Crippen LogP contribution in [0.1, 0.15) is 15.9 Å². The number of hydrogen-bond acceptors (Lipinski definition) is 4. The Morgan fingerprint density at radius 2 is 2.11 bits per heavy atom. The minimum absolute atomic E-state index is 0.0114. The number of aromatic carboxylic acids is 1. The van der Waals surface area contributed by atoms with Gasteiger partial charge in [-0.2, -0.15) is 0 Å². The number of nitrogens with one attached hydrogen (secondary N) is 1. The van der Waals surface area contributed by atoms with E-state index in [0.717, 1.165) is 0 Å². The molecule has 7 heteroatoms. The Kier molecular flexibility index (Phi) is 3.38. The van der Waals surface area contributed by atoms with Crippen LogP contribution in [0, 0.1) is 6.92 Å². The van der Waals surface area contributed by atoms with Crippen LogP contribution in [-0.4, -0.2) is 38.7 Å². The molecular weight excluding hydrogens is 258 g/mol. The number of carboxylic acids is 1. The van der Waals surface area contributed by atoms with E-state index in [1.165, 1.54) is 18.2 Å². The van der Waals surface area contributed by atoms with Gasteiger partial charge in [-0.15, -0.1) is 0 Å². The van der Waals surface area contributed by atoms with E-state index in [-0.39, 0.29) is 16.5 Å². The monoisotopic (exact) mass is 271 g/mol. The maximum absolute atomic E-state index is 12.0. The highest BCUT2D eigenvalue weighted by Gasteiger charge is 2.26. The van der Waals surface area contributed by atoms with Crippen molar-refractivity contribution in [3.05, 3.63) is 29.3 Å². The molecule has 0 unspecified atom stereocenters. The Morgan fingerprint density at radius 1 is 1.44 bits per heavy atom. The van der Waals surface area contributed by atoms with Gasteiger partial charge in [0.1, 0.15) is 0 Å². The minimum atomic E-state index is -3.69. The van der Waals surface area contributed by atoms with Crippen molar-refractivity contribution in [1.82, 2.24) is 4.72 Å². The number of sulfonamides is 1. The van der Waals surface area contributed by atoms with E-state index in [2.05, 4.69) is 4.72 Å². The lowest BCUT2D eigenvalue weighted by Crippen LogP contribution is -2.48. The lowest BCUT2D eigenvalue weighted by molar-refractivity contribution is 0.00482. The van der Waals surface area contributed by atoms with Gasteiger partial charge in [-0.25, -0.2) is 17.9 Å². The van der Waals surface area contributed by atoms with Gasteiger partial charge in [0.25, 0.3) is 0 Å². The van der Waals surface area contributed by atoms with Crippen molar-refractivity contribution < 1.29 is 23.1 Å². The van der Waals surface area contributed by atoms with Crippen LogP contribution in [0.3, 0.4) is 0 Å². The van der Waals surface area contributed by atoms with E-state index in [1.807, 2.05) is 0 Å². The number of ether oxygens (including phenoxy) is 1. The molecule has 0 radical (unpaired) electrons. The Labute approximate surface area is 105 Å². The first-order chi connectivity index (χ1) is 8.40. The zero-order valence-corrected chi connectivity index (χ0v) is 10.5. The van der Waals surface area contributed by atoms with E-state index < -0.39 is 16.0 Å². The lowest BCUT2D eigenvalue weighted by atomic mass is 10.1. The summed E-state index contributed by atoms with van der Waals surface area (Å²) in [5, 5.41) is 8.96. The fourth-order valence-electron chi connectivity index (χ4n) is 1.59. The summed E-state index contributed by atoms with van der Waals surface area (Å²) in [6, 6.07) is 3.81. The SMILES string of the molecule is Cc1ccc(S(=O)(=O)NC2COC2)cc1C(=O)O. The molecule has 6 nitrogen and oxygen atoms in total. The Balaban J connectivity index is 2.32. The molecule has 1 aliphatic rings. The van der Waals surface area contributed by atoms with E-state index in [4.69, 9.17) is 9.84 Å². The molecule has 1 fully saturated rings. The van der Waals surface area contributed by atoms with Gasteiger partial charge in [-0.1, -0.05) is 6.07 Å². The fourth-order valence-corrected chi connectivity index (χ4v) is 2.82. The molecule has 0 bridgehead atoms. The van der Waals surface area contributed by atoms with Crippen LogP contribution in [0.2, 0.25) is 0 Å². The predicted molar refractivity (Wildman–Crippen MR) is 63.1 cm³/mol. The van der Waals surface area contributed by atoms with Gasteiger partial charge in [0.05, 0.1) is 29.7 Å². The van der Waals surface area contributed by atoms with Gasteiger partial charge in [-0.3, -0.25) is 0 Å². The molecule has 2 rings (SSSR count). The van der Waals surface area contributed by atoms with Crippen LogP contribution in [0.15, 0.2) is 23.1 Å². The van der Waals surface area contributed by atoms with E-state index in [0.29, 0.717) is 18.8 Å². The fraction of sp³-hybridized carbons (Fsp3) is 0.364. The number of benzene rings is 1.